The summed E-state index contributed by atoms with van der Waals surface area (Å²) in [7, 11) is 1.83. The Morgan fingerprint density at radius 2 is 2.09 bits per heavy atom. The van der Waals surface area contributed by atoms with Gasteiger partial charge in [-0.05, 0) is 12.8 Å². The minimum absolute atomic E-state index is 0.0710. The SMILES string of the molecule is Cn1cc(NC(=O)N2CCN(c3cc(C4CC4)[nH]n3)CC2)cn1. The van der Waals surface area contributed by atoms with Gasteiger partial charge in [-0.3, -0.25) is 9.78 Å². The monoisotopic (exact) mass is 315 g/mol. The van der Waals surface area contributed by atoms with Gasteiger partial charge >= 0.3 is 6.03 Å². The van der Waals surface area contributed by atoms with E-state index in [0.717, 1.165) is 24.6 Å². The number of carbonyl (C=O) groups excluding carboxylic acids is 1. The lowest BCUT2D eigenvalue weighted by Gasteiger charge is -2.34. The molecule has 0 unspecified atom stereocenters. The third kappa shape index (κ3) is 3.01. The molecule has 0 bridgehead atoms. The fourth-order valence-electron chi connectivity index (χ4n) is 2.92. The fraction of sp³-hybridized carbons (Fsp3) is 0.533. The number of carbonyl (C=O) groups is 1. The lowest BCUT2D eigenvalue weighted by atomic mass is 10.2. The smallest absolute Gasteiger partial charge is 0.322 e. The number of aromatic amines is 1. The van der Waals surface area contributed by atoms with E-state index in [-0.39, 0.29) is 6.03 Å². The van der Waals surface area contributed by atoms with Crippen molar-refractivity contribution in [1.82, 2.24) is 24.9 Å². The molecule has 1 saturated heterocycles. The van der Waals surface area contributed by atoms with Gasteiger partial charge in [0.05, 0.1) is 11.9 Å². The van der Waals surface area contributed by atoms with E-state index in [1.54, 1.807) is 17.1 Å². The van der Waals surface area contributed by atoms with Gasteiger partial charge in [-0.25, -0.2) is 4.79 Å². The molecule has 8 nitrogen and oxygen atoms in total. The van der Waals surface area contributed by atoms with E-state index in [0.29, 0.717) is 19.0 Å². The summed E-state index contributed by atoms with van der Waals surface area (Å²) < 4.78 is 1.67. The average molecular weight is 315 g/mol. The van der Waals surface area contributed by atoms with E-state index >= 15 is 0 Å². The number of anilines is 2. The van der Waals surface area contributed by atoms with Gasteiger partial charge in [0.2, 0.25) is 0 Å². The molecule has 2 aromatic heterocycles. The number of aryl methyl sites for hydroxylation is 1. The maximum atomic E-state index is 12.3. The number of hydrogen-bond donors (Lipinski definition) is 2. The van der Waals surface area contributed by atoms with E-state index in [9.17, 15) is 4.79 Å². The highest BCUT2D eigenvalue weighted by Crippen LogP contribution is 2.39. The minimum Gasteiger partial charge on any atom is -0.352 e. The standard InChI is InChI=1S/C15H21N7O/c1-20-10-12(9-16-20)17-15(23)22-6-4-21(5-7-22)14-8-13(18-19-14)11-2-3-11/h8-11H,2-7H2,1H3,(H,17,23)(H,18,19). The van der Waals surface area contributed by atoms with Crippen LogP contribution in [-0.4, -0.2) is 57.1 Å². The van der Waals surface area contributed by atoms with Gasteiger partial charge in [-0.1, -0.05) is 0 Å². The first-order chi connectivity index (χ1) is 11.2. The van der Waals surface area contributed by atoms with Gasteiger partial charge in [0.25, 0.3) is 0 Å². The Morgan fingerprint density at radius 1 is 1.30 bits per heavy atom. The van der Waals surface area contributed by atoms with Crippen LogP contribution in [0.1, 0.15) is 24.5 Å². The molecular weight excluding hydrogens is 294 g/mol. The second-order valence-electron chi connectivity index (χ2n) is 6.26. The van der Waals surface area contributed by atoms with Crippen LogP contribution >= 0.6 is 0 Å². The molecular formula is C15H21N7O. The molecule has 2 aliphatic rings. The zero-order valence-corrected chi connectivity index (χ0v) is 13.2. The summed E-state index contributed by atoms with van der Waals surface area (Å²) in [6, 6.07) is 2.08. The lowest BCUT2D eigenvalue weighted by molar-refractivity contribution is 0.208. The van der Waals surface area contributed by atoms with Crippen LogP contribution in [0.3, 0.4) is 0 Å². The molecule has 1 aliphatic heterocycles. The minimum atomic E-state index is -0.0710. The van der Waals surface area contributed by atoms with E-state index in [1.807, 2.05) is 11.9 Å². The van der Waals surface area contributed by atoms with Crippen molar-refractivity contribution in [3.63, 3.8) is 0 Å². The van der Waals surface area contributed by atoms with Crippen molar-refractivity contribution in [2.45, 2.75) is 18.8 Å². The third-order valence-electron chi connectivity index (χ3n) is 4.45. The van der Waals surface area contributed by atoms with E-state index < -0.39 is 0 Å². The number of aromatic nitrogens is 4. The zero-order chi connectivity index (χ0) is 15.8. The van der Waals surface area contributed by atoms with Crippen LogP contribution in [-0.2, 0) is 7.05 Å². The Balaban J connectivity index is 1.32. The summed E-state index contributed by atoms with van der Waals surface area (Å²) in [6.07, 6.45) is 5.97. The van der Waals surface area contributed by atoms with Gasteiger partial charge < -0.3 is 15.1 Å². The molecule has 1 aliphatic carbocycles. The number of hydrogen-bond acceptors (Lipinski definition) is 4. The highest BCUT2D eigenvalue weighted by Gasteiger charge is 2.27. The molecule has 2 N–H and O–H groups in total. The summed E-state index contributed by atoms with van der Waals surface area (Å²) in [5.41, 5.74) is 1.97. The van der Waals surface area contributed by atoms with Crippen LogP contribution in [0, 0.1) is 0 Å². The Labute approximate surface area is 134 Å². The Hall–Kier alpha value is -2.51. The van der Waals surface area contributed by atoms with Crippen molar-refractivity contribution >= 4 is 17.5 Å². The van der Waals surface area contributed by atoms with Crippen LogP contribution in [0.15, 0.2) is 18.5 Å². The first kappa shape index (κ1) is 14.1. The molecule has 23 heavy (non-hydrogen) atoms. The summed E-state index contributed by atoms with van der Waals surface area (Å²) >= 11 is 0. The van der Waals surface area contributed by atoms with Gasteiger partial charge in [-0.2, -0.15) is 10.2 Å². The largest absolute Gasteiger partial charge is 0.352 e. The van der Waals surface area contributed by atoms with Gasteiger partial charge in [0, 0.05) is 57.1 Å². The Morgan fingerprint density at radius 3 is 2.74 bits per heavy atom. The van der Waals surface area contributed by atoms with Crippen molar-refractivity contribution in [3.05, 3.63) is 24.2 Å². The third-order valence-corrected chi connectivity index (χ3v) is 4.45. The maximum Gasteiger partial charge on any atom is 0.322 e. The number of rotatable bonds is 3. The molecule has 0 radical (unpaired) electrons. The first-order valence-corrected chi connectivity index (χ1v) is 8.04. The summed E-state index contributed by atoms with van der Waals surface area (Å²) in [6.45, 7) is 2.99. The molecule has 8 heteroatoms. The summed E-state index contributed by atoms with van der Waals surface area (Å²) in [4.78, 5) is 16.3. The highest BCUT2D eigenvalue weighted by atomic mass is 16.2. The number of urea groups is 1. The second-order valence-corrected chi connectivity index (χ2v) is 6.26. The molecule has 0 atom stereocenters. The molecule has 122 valence electrons. The van der Waals surface area contributed by atoms with Crippen LogP contribution in [0.4, 0.5) is 16.3 Å². The normalized spacial score (nSPS) is 18.3. The number of nitrogens with zero attached hydrogens (tertiary/aromatic N) is 5. The van der Waals surface area contributed by atoms with Gasteiger partial charge in [0.15, 0.2) is 5.82 Å². The van der Waals surface area contributed by atoms with E-state index in [1.165, 1.54) is 18.5 Å². The lowest BCUT2D eigenvalue weighted by Crippen LogP contribution is -2.50. The van der Waals surface area contributed by atoms with Crippen molar-refractivity contribution in [1.29, 1.82) is 0 Å². The van der Waals surface area contributed by atoms with Crippen LogP contribution < -0.4 is 10.2 Å². The molecule has 4 rings (SSSR count). The quantitative estimate of drug-likeness (QED) is 0.896. The van der Waals surface area contributed by atoms with Crippen molar-refractivity contribution < 1.29 is 4.79 Å². The summed E-state index contributed by atoms with van der Waals surface area (Å²) in [5.74, 6) is 1.68. The topological polar surface area (TPSA) is 82.1 Å². The Bertz CT molecular complexity index is 694. The second kappa shape index (κ2) is 5.60. The number of piperazine rings is 1. The molecule has 2 fully saturated rings. The van der Waals surface area contributed by atoms with Gasteiger partial charge in [0.1, 0.15) is 0 Å². The molecule has 1 saturated carbocycles. The Kier molecular flexibility index (Phi) is 3.44. The average Bonchev–Trinajstić information content (AvgIpc) is 3.15. The zero-order valence-electron chi connectivity index (χ0n) is 13.2. The molecule has 2 amide bonds. The van der Waals surface area contributed by atoms with E-state index in [2.05, 4.69) is 31.6 Å². The first-order valence-electron chi connectivity index (χ1n) is 8.04. The van der Waals surface area contributed by atoms with Crippen LogP contribution in [0.5, 0.6) is 0 Å². The fourth-order valence-corrected chi connectivity index (χ4v) is 2.92. The number of nitrogens with one attached hydrogen (secondary N) is 2. The maximum absolute atomic E-state index is 12.3. The predicted octanol–water partition coefficient (Wildman–Crippen LogP) is 1.37. The highest BCUT2D eigenvalue weighted by molar-refractivity contribution is 5.89. The van der Waals surface area contributed by atoms with Crippen molar-refractivity contribution in [2.75, 3.05) is 36.4 Å². The molecule has 3 heterocycles. The summed E-state index contributed by atoms with van der Waals surface area (Å²) in [5, 5.41) is 14.5. The van der Waals surface area contributed by atoms with Crippen molar-refractivity contribution in [2.24, 2.45) is 7.05 Å². The molecule has 0 spiro atoms. The van der Waals surface area contributed by atoms with E-state index in [4.69, 9.17) is 0 Å². The number of amides is 2. The predicted molar refractivity (Wildman–Crippen MR) is 86.6 cm³/mol. The molecule has 2 aromatic rings. The van der Waals surface area contributed by atoms with Crippen LogP contribution in [0.2, 0.25) is 0 Å². The number of H-pyrrole nitrogens is 1. The van der Waals surface area contributed by atoms with Gasteiger partial charge in [-0.15, -0.1) is 0 Å². The molecule has 0 aromatic carbocycles. The van der Waals surface area contributed by atoms with Crippen LogP contribution in [0.25, 0.3) is 0 Å². The van der Waals surface area contributed by atoms with Crippen molar-refractivity contribution in [3.8, 4) is 0 Å².